The quantitative estimate of drug-likeness (QED) is 0.527. The first-order valence-corrected chi connectivity index (χ1v) is 11.8. The normalized spacial score (nSPS) is 17.1. The number of aromatic nitrogens is 4. The van der Waals surface area contributed by atoms with Gasteiger partial charge in [-0.3, -0.25) is 4.98 Å². The van der Waals surface area contributed by atoms with Gasteiger partial charge in [-0.05, 0) is 38.2 Å². The van der Waals surface area contributed by atoms with E-state index in [2.05, 4.69) is 25.0 Å². The maximum atomic E-state index is 12.8. The van der Waals surface area contributed by atoms with Gasteiger partial charge in [0.05, 0.1) is 10.3 Å². The fourth-order valence-corrected chi connectivity index (χ4v) is 5.20. The lowest BCUT2D eigenvalue weighted by Gasteiger charge is -2.31. The summed E-state index contributed by atoms with van der Waals surface area (Å²) in [6, 6.07) is 6.98. The number of likely N-dealkylation sites (N-methyl/N-ethyl adjacent to an activating group) is 1. The van der Waals surface area contributed by atoms with E-state index in [-0.39, 0.29) is 10.1 Å². The van der Waals surface area contributed by atoms with Crippen molar-refractivity contribution in [3.05, 3.63) is 48.7 Å². The molecule has 0 spiro atoms. The third kappa shape index (κ3) is 4.53. The monoisotopic (exact) mass is 446 g/mol. The molecular weight excluding hydrogens is 424 g/mol. The Hall–Kier alpha value is -2.34. The van der Waals surface area contributed by atoms with Crippen molar-refractivity contribution in [2.24, 2.45) is 0 Å². The molecule has 30 heavy (non-hydrogen) atoms. The van der Waals surface area contributed by atoms with E-state index in [9.17, 15) is 8.42 Å². The first-order chi connectivity index (χ1) is 14.4. The average Bonchev–Trinajstić information content (AvgIpc) is 3.26. The Labute approximate surface area is 179 Å². The highest BCUT2D eigenvalue weighted by Crippen LogP contribution is 2.34. The molecule has 158 valence electrons. The maximum Gasteiger partial charge on any atom is 0.244 e. The van der Waals surface area contributed by atoms with Crippen LogP contribution in [0, 0.1) is 0 Å². The molecule has 1 aliphatic rings. The smallest absolute Gasteiger partial charge is 0.244 e. The van der Waals surface area contributed by atoms with Crippen molar-refractivity contribution in [2.45, 2.75) is 22.1 Å². The van der Waals surface area contributed by atoms with E-state index >= 15 is 0 Å². The Kier molecular flexibility index (Phi) is 6.14. The molecule has 0 aromatic carbocycles. The minimum Gasteiger partial charge on any atom is -0.338 e. The van der Waals surface area contributed by atoms with E-state index in [0.29, 0.717) is 29.8 Å². The Morgan fingerprint density at radius 2 is 1.93 bits per heavy atom. The van der Waals surface area contributed by atoms with Gasteiger partial charge in [0.15, 0.2) is 0 Å². The van der Waals surface area contributed by atoms with Gasteiger partial charge in [-0.2, -0.15) is 9.29 Å². The van der Waals surface area contributed by atoms with Gasteiger partial charge >= 0.3 is 0 Å². The van der Waals surface area contributed by atoms with Crippen LogP contribution >= 0.6 is 11.8 Å². The van der Waals surface area contributed by atoms with Crippen LogP contribution in [0.3, 0.4) is 0 Å². The number of hydrogen-bond donors (Lipinski definition) is 0. The molecule has 3 aromatic heterocycles. The molecular formula is C19H22N6O3S2. The largest absolute Gasteiger partial charge is 0.338 e. The zero-order valence-electron chi connectivity index (χ0n) is 16.7. The van der Waals surface area contributed by atoms with E-state index in [1.807, 2.05) is 26.1 Å². The van der Waals surface area contributed by atoms with Gasteiger partial charge < -0.3 is 9.42 Å². The van der Waals surface area contributed by atoms with Crippen LogP contribution in [-0.4, -0.2) is 71.0 Å². The molecule has 4 heterocycles. The summed E-state index contributed by atoms with van der Waals surface area (Å²) in [5.41, 5.74) is 0.779. The molecule has 3 aromatic rings. The fraction of sp³-hybridized carbons (Fsp3) is 0.368. The third-order valence-corrected chi connectivity index (χ3v) is 7.74. The van der Waals surface area contributed by atoms with Crippen LogP contribution in [0.5, 0.6) is 0 Å². The molecule has 1 atom stereocenters. The number of nitrogens with zero attached hydrogens (tertiary/aromatic N) is 6. The lowest BCUT2D eigenvalue weighted by atomic mass is 10.3. The second-order valence-corrected chi connectivity index (χ2v) is 10.3. The van der Waals surface area contributed by atoms with Crippen LogP contribution in [-0.2, 0) is 10.0 Å². The Bertz CT molecular complexity index is 1080. The Morgan fingerprint density at radius 3 is 2.60 bits per heavy atom. The van der Waals surface area contributed by atoms with E-state index < -0.39 is 10.0 Å². The summed E-state index contributed by atoms with van der Waals surface area (Å²) in [6.45, 7) is 4.36. The van der Waals surface area contributed by atoms with Crippen LogP contribution in [0.4, 0.5) is 0 Å². The number of rotatable bonds is 6. The Morgan fingerprint density at radius 1 is 1.13 bits per heavy atom. The summed E-state index contributed by atoms with van der Waals surface area (Å²) in [5, 5.41) is 4.54. The van der Waals surface area contributed by atoms with Crippen LogP contribution in [0.15, 0.2) is 57.3 Å². The predicted molar refractivity (Wildman–Crippen MR) is 112 cm³/mol. The third-order valence-electron chi connectivity index (χ3n) is 4.82. The number of hydrogen-bond acceptors (Lipinski definition) is 9. The summed E-state index contributed by atoms with van der Waals surface area (Å²) in [6.07, 6.45) is 4.77. The average molecular weight is 447 g/mol. The van der Waals surface area contributed by atoms with Gasteiger partial charge in [0.1, 0.15) is 4.90 Å². The van der Waals surface area contributed by atoms with Gasteiger partial charge in [0, 0.05) is 50.3 Å². The molecule has 0 amide bonds. The lowest BCUT2D eigenvalue weighted by Crippen LogP contribution is -2.47. The van der Waals surface area contributed by atoms with Gasteiger partial charge in [-0.1, -0.05) is 16.9 Å². The van der Waals surface area contributed by atoms with Crippen molar-refractivity contribution in [1.29, 1.82) is 0 Å². The molecule has 1 saturated heterocycles. The minimum absolute atomic E-state index is 0.143. The summed E-state index contributed by atoms with van der Waals surface area (Å²) in [4.78, 5) is 15.1. The Balaban J connectivity index is 1.43. The van der Waals surface area contributed by atoms with E-state index in [4.69, 9.17) is 4.52 Å². The van der Waals surface area contributed by atoms with Crippen LogP contribution in [0.1, 0.15) is 18.1 Å². The van der Waals surface area contributed by atoms with Crippen molar-refractivity contribution < 1.29 is 12.9 Å². The highest BCUT2D eigenvalue weighted by molar-refractivity contribution is 7.99. The summed E-state index contributed by atoms with van der Waals surface area (Å²) < 4.78 is 32.5. The van der Waals surface area contributed by atoms with Crippen LogP contribution in [0.25, 0.3) is 11.4 Å². The van der Waals surface area contributed by atoms with Gasteiger partial charge in [0.2, 0.25) is 21.7 Å². The number of pyridine rings is 2. The summed E-state index contributed by atoms with van der Waals surface area (Å²) in [5.74, 6) is 0.946. The molecule has 0 N–H and O–H groups in total. The standard InChI is InChI=1S/C19H22N6O3S2/c1-14(19-22-18(23-28-19)15-4-3-7-20-12-15)29-17-6-5-16(13-21-17)30(26,27)25-10-8-24(2)9-11-25/h3-7,12-14H,8-11H2,1-2H3/t14-/m1/s1. The molecule has 9 nitrogen and oxygen atoms in total. The van der Waals surface area contributed by atoms with Gasteiger partial charge in [-0.25, -0.2) is 13.4 Å². The van der Waals surface area contributed by atoms with Crippen LogP contribution in [0.2, 0.25) is 0 Å². The number of piperazine rings is 1. The molecule has 1 fully saturated rings. The molecule has 4 rings (SSSR count). The van der Waals surface area contributed by atoms with E-state index in [1.165, 1.54) is 22.3 Å². The van der Waals surface area contributed by atoms with Crippen molar-refractivity contribution in [3.8, 4) is 11.4 Å². The zero-order valence-corrected chi connectivity index (χ0v) is 18.3. The second kappa shape index (κ2) is 8.80. The van der Waals surface area contributed by atoms with Gasteiger partial charge in [0.25, 0.3) is 0 Å². The number of sulfonamides is 1. The van der Waals surface area contributed by atoms with Crippen molar-refractivity contribution in [3.63, 3.8) is 0 Å². The molecule has 0 unspecified atom stereocenters. The predicted octanol–water partition coefficient (Wildman–Crippen LogP) is 2.32. The summed E-state index contributed by atoms with van der Waals surface area (Å²) in [7, 11) is -1.53. The first-order valence-electron chi connectivity index (χ1n) is 9.49. The molecule has 0 bridgehead atoms. The maximum absolute atomic E-state index is 12.8. The van der Waals surface area contributed by atoms with Crippen molar-refractivity contribution >= 4 is 21.8 Å². The molecule has 0 radical (unpaired) electrons. The highest BCUT2D eigenvalue weighted by Gasteiger charge is 2.28. The molecule has 0 aliphatic carbocycles. The van der Waals surface area contributed by atoms with E-state index in [1.54, 1.807) is 24.5 Å². The number of thioether (sulfide) groups is 1. The SMILES string of the molecule is C[C@@H](Sc1ccc(S(=O)(=O)N2CCN(C)CC2)cn1)c1nc(-c2cccnc2)no1. The van der Waals surface area contributed by atoms with Crippen molar-refractivity contribution in [1.82, 2.24) is 29.3 Å². The molecule has 0 saturated carbocycles. The second-order valence-electron chi connectivity index (χ2n) is 7.00. The van der Waals surface area contributed by atoms with Gasteiger partial charge in [-0.15, -0.1) is 0 Å². The molecule has 11 heteroatoms. The highest BCUT2D eigenvalue weighted by atomic mass is 32.2. The zero-order chi connectivity index (χ0) is 21.1. The minimum atomic E-state index is -3.52. The summed E-state index contributed by atoms with van der Waals surface area (Å²) >= 11 is 1.42. The topological polar surface area (TPSA) is 105 Å². The van der Waals surface area contributed by atoms with E-state index in [0.717, 1.165) is 18.7 Å². The fourth-order valence-electron chi connectivity index (χ4n) is 3.01. The first kappa shape index (κ1) is 20.9. The lowest BCUT2D eigenvalue weighted by molar-refractivity contribution is 0.222. The van der Waals surface area contributed by atoms with Crippen molar-refractivity contribution in [2.75, 3.05) is 33.2 Å². The molecule has 1 aliphatic heterocycles. The van der Waals surface area contributed by atoms with Crippen LogP contribution < -0.4 is 0 Å².